The summed E-state index contributed by atoms with van der Waals surface area (Å²) >= 11 is 3.16. The Kier molecular flexibility index (Phi) is 1.95. The van der Waals surface area contributed by atoms with Crippen molar-refractivity contribution in [2.24, 2.45) is 0 Å². The number of hydrogen-bond donors (Lipinski definition) is 0. The van der Waals surface area contributed by atoms with Crippen molar-refractivity contribution in [1.29, 1.82) is 0 Å². The van der Waals surface area contributed by atoms with E-state index in [1.807, 2.05) is 0 Å². The van der Waals surface area contributed by atoms with Gasteiger partial charge in [0, 0.05) is 5.69 Å². The van der Waals surface area contributed by atoms with Crippen LogP contribution in [0.1, 0.15) is 5.69 Å². The van der Waals surface area contributed by atoms with Crippen molar-refractivity contribution in [2.75, 3.05) is 0 Å². The summed E-state index contributed by atoms with van der Waals surface area (Å²) in [6.45, 7) is 0. The molecule has 3 heteroatoms. The summed E-state index contributed by atoms with van der Waals surface area (Å²) in [5, 5.41) is 8.45. The zero-order valence-electron chi connectivity index (χ0n) is 4.58. The fourth-order valence-corrected chi connectivity index (χ4v) is 0.853. The van der Waals surface area contributed by atoms with Crippen molar-refractivity contribution in [1.82, 2.24) is 4.98 Å². The highest BCUT2D eigenvalue weighted by atomic mass is 79.9. The van der Waals surface area contributed by atoms with E-state index in [0.717, 1.165) is 10.8 Å². The third-order valence-electron chi connectivity index (χ3n) is 0.869. The van der Waals surface area contributed by atoms with Gasteiger partial charge in [-0.3, -0.25) is 0 Å². The Morgan fingerprint density at radius 1 is 1.56 bits per heavy atom. The van der Waals surface area contributed by atoms with Crippen LogP contribution in [-0.2, 0) is 0 Å². The molecule has 0 unspecified atom stereocenters. The van der Waals surface area contributed by atoms with Crippen molar-refractivity contribution < 1.29 is 0 Å². The largest absolute Gasteiger partial charge is 0.809 e. The number of pyridine rings is 1. The predicted octanol–water partition coefficient (Wildman–Crippen LogP) is 1.83. The van der Waals surface area contributed by atoms with E-state index >= 15 is 0 Å². The van der Waals surface area contributed by atoms with Crippen LogP contribution in [0.25, 0.3) is 5.41 Å². The Balaban J connectivity index is 3.07. The van der Waals surface area contributed by atoms with Crippen LogP contribution in [0.15, 0.2) is 22.8 Å². The number of nitrogens with zero attached hydrogens (tertiary/aromatic N) is 2. The zero-order chi connectivity index (χ0) is 6.69. The van der Waals surface area contributed by atoms with E-state index in [2.05, 4.69) is 20.9 Å². The lowest BCUT2D eigenvalue weighted by Crippen LogP contribution is -1.83. The Hall–Kier alpha value is -0.700. The molecule has 0 bridgehead atoms. The molecule has 0 N–H and O–H groups in total. The monoisotopic (exact) mass is 183 g/mol. The van der Waals surface area contributed by atoms with E-state index < -0.39 is 0 Å². The highest BCUT2D eigenvalue weighted by Gasteiger charge is 1.84. The first-order chi connectivity index (χ1) is 4.33. The molecule has 0 aromatic carbocycles. The summed E-state index contributed by atoms with van der Waals surface area (Å²) in [4.78, 5) is 3.90. The van der Waals surface area contributed by atoms with Gasteiger partial charge < -0.3 is 5.41 Å². The smallest absolute Gasteiger partial charge is 0.106 e. The average Bonchev–Trinajstić information content (AvgIpc) is 1.88. The number of aromatic nitrogens is 1. The lowest BCUT2D eigenvalue weighted by molar-refractivity contribution is 1.26. The minimum atomic E-state index is 0.560. The Labute approximate surface area is 61.6 Å². The second kappa shape index (κ2) is 2.73. The Morgan fingerprint density at radius 3 is 2.78 bits per heavy atom. The molecule has 46 valence electrons. The van der Waals surface area contributed by atoms with Gasteiger partial charge >= 0.3 is 0 Å². The highest BCUT2D eigenvalue weighted by Crippen LogP contribution is 2.03. The van der Waals surface area contributed by atoms with E-state index in [-0.39, 0.29) is 0 Å². The molecule has 0 saturated carbocycles. The summed E-state index contributed by atoms with van der Waals surface area (Å²) in [6, 6.07) is 5.32. The summed E-state index contributed by atoms with van der Waals surface area (Å²) in [6.07, 6.45) is 0.963. The standard InChI is InChI=1S/C6H4BrN2/c7-6-3-1-2-5(4-8)9-6/h1-4H/q-1. The molecule has 0 atom stereocenters. The van der Waals surface area contributed by atoms with Crippen LogP contribution in [-0.4, -0.2) is 11.2 Å². The van der Waals surface area contributed by atoms with Gasteiger partial charge in [0.15, 0.2) is 0 Å². The first kappa shape index (κ1) is 6.42. The molecule has 1 rings (SSSR count). The maximum atomic E-state index is 8.45. The molecular weight excluding hydrogens is 180 g/mol. The van der Waals surface area contributed by atoms with E-state index in [9.17, 15) is 0 Å². The van der Waals surface area contributed by atoms with Crippen molar-refractivity contribution in [3.8, 4) is 0 Å². The zero-order valence-corrected chi connectivity index (χ0v) is 6.17. The SMILES string of the molecule is [N-]=Cc1cccc(Br)n1. The first-order valence-electron chi connectivity index (χ1n) is 2.43. The van der Waals surface area contributed by atoms with Gasteiger partial charge in [-0.1, -0.05) is 6.07 Å². The maximum Gasteiger partial charge on any atom is 0.106 e. The van der Waals surface area contributed by atoms with Crippen molar-refractivity contribution in [2.45, 2.75) is 0 Å². The molecule has 1 aromatic rings. The fourth-order valence-electron chi connectivity index (χ4n) is 0.496. The molecule has 2 nitrogen and oxygen atoms in total. The molecular formula is C6H4BrN2-. The molecule has 0 fully saturated rings. The summed E-state index contributed by atoms with van der Waals surface area (Å²) in [5.41, 5.74) is 0.560. The number of hydrogen-bond acceptors (Lipinski definition) is 1. The predicted molar refractivity (Wildman–Crippen MR) is 40.5 cm³/mol. The van der Waals surface area contributed by atoms with Crippen molar-refractivity contribution in [3.63, 3.8) is 0 Å². The van der Waals surface area contributed by atoms with Crippen molar-refractivity contribution >= 4 is 22.1 Å². The molecule has 0 radical (unpaired) electrons. The Bertz CT molecular complexity index is 222. The van der Waals surface area contributed by atoms with E-state index in [4.69, 9.17) is 5.41 Å². The van der Waals surface area contributed by atoms with Gasteiger partial charge in [0.1, 0.15) is 4.60 Å². The van der Waals surface area contributed by atoms with Gasteiger partial charge in [0.05, 0.1) is 0 Å². The van der Waals surface area contributed by atoms with Gasteiger partial charge in [-0.2, -0.15) is 6.21 Å². The quantitative estimate of drug-likeness (QED) is 0.484. The highest BCUT2D eigenvalue weighted by molar-refractivity contribution is 9.10. The third kappa shape index (κ3) is 1.61. The van der Waals surface area contributed by atoms with E-state index in [1.165, 1.54) is 0 Å². The van der Waals surface area contributed by atoms with Gasteiger partial charge in [-0.15, -0.1) is 0 Å². The lowest BCUT2D eigenvalue weighted by Gasteiger charge is -1.93. The van der Waals surface area contributed by atoms with Crippen LogP contribution in [0.2, 0.25) is 0 Å². The second-order valence-corrected chi connectivity index (χ2v) is 2.33. The van der Waals surface area contributed by atoms with Crippen molar-refractivity contribution in [3.05, 3.63) is 33.9 Å². The molecule has 0 amide bonds. The minimum absolute atomic E-state index is 0.560. The number of rotatable bonds is 1. The molecule has 0 spiro atoms. The molecule has 9 heavy (non-hydrogen) atoms. The van der Waals surface area contributed by atoms with Crippen LogP contribution >= 0.6 is 15.9 Å². The summed E-state index contributed by atoms with van der Waals surface area (Å²) < 4.78 is 0.727. The van der Waals surface area contributed by atoms with Crippen LogP contribution in [0.5, 0.6) is 0 Å². The van der Waals surface area contributed by atoms with E-state index in [0.29, 0.717) is 5.69 Å². The average molecular weight is 184 g/mol. The minimum Gasteiger partial charge on any atom is -0.809 e. The molecule has 1 aromatic heterocycles. The fraction of sp³-hybridized carbons (Fsp3) is 0. The van der Waals surface area contributed by atoms with E-state index in [1.54, 1.807) is 18.2 Å². The molecule has 1 heterocycles. The van der Waals surface area contributed by atoms with Crippen LogP contribution in [0.4, 0.5) is 0 Å². The Morgan fingerprint density at radius 2 is 2.33 bits per heavy atom. The van der Waals surface area contributed by atoms with Crippen LogP contribution < -0.4 is 0 Å². The van der Waals surface area contributed by atoms with Gasteiger partial charge in [-0.25, -0.2) is 4.98 Å². The number of halogens is 1. The normalized spacial score (nSPS) is 9.00. The summed E-state index contributed by atoms with van der Waals surface area (Å²) in [7, 11) is 0. The second-order valence-electron chi connectivity index (χ2n) is 1.51. The molecule has 0 aliphatic heterocycles. The topological polar surface area (TPSA) is 35.2 Å². The van der Waals surface area contributed by atoms with Gasteiger partial charge in [0.25, 0.3) is 0 Å². The van der Waals surface area contributed by atoms with Gasteiger partial charge in [0.2, 0.25) is 0 Å². The summed E-state index contributed by atoms with van der Waals surface area (Å²) in [5.74, 6) is 0. The third-order valence-corrected chi connectivity index (χ3v) is 1.31. The maximum absolute atomic E-state index is 8.45. The molecule has 0 saturated heterocycles. The molecule has 0 aliphatic carbocycles. The molecule has 0 aliphatic rings. The van der Waals surface area contributed by atoms with Crippen LogP contribution in [0.3, 0.4) is 0 Å². The van der Waals surface area contributed by atoms with Crippen LogP contribution in [0, 0.1) is 0 Å². The lowest BCUT2D eigenvalue weighted by atomic mass is 10.4. The van der Waals surface area contributed by atoms with Gasteiger partial charge in [-0.05, 0) is 28.1 Å². The first-order valence-corrected chi connectivity index (χ1v) is 3.22.